The molecule has 0 spiro atoms. The van der Waals surface area contributed by atoms with Gasteiger partial charge in [-0.25, -0.2) is 4.79 Å². The summed E-state index contributed by atoms with van der Waals surface area (Å²) in [5.41, 5.74) is 0.102. The molecular formula is C19H18N2O6. The predicted molar refractivity (Wildman–Crippen MR) is 96.0 cm³/mol. The van der Waals surface area contributed by atoms with Crippen molar-refractivity contribution in [1.82, 2.24) is 5.32 Å². The van der Waals surface area contributed by atoms with Crippen molar-refractivity contribution in [3.05, 3.63) is 69.3 Å². The molecule has 1 aliphatic rings. The molecule has 140 valence electrons. The summed E-state index contributed by atoms with van der Waals surface area (Å²) in [4.78, 5) is 34.2. The van der Waals surface area contributed by atoms with Crippen LogP contribution in [-0.4, -0.2) is 29.0 Å². The highest BCUT2D eigenvalue weighted by Gasteiger charge is 2.34. The van der Waals surface area contributed by atoms with Gasteiger partial charge in [-0.05, 0) is 42.5 Å². The molecule has 1 aliphatic carbocycles. The van der Waals surface area contributed by atoms with Gasteiger partial charge in [0.25, 0.3) is 11.6 Å². The number of rotatable bonds is 7. The van der Waals surface area contributed by atoms with Gasteiger partial charge >= 0.3 is 5.97 Å². The molecule has 27 heavy (non-hydrogen) atoms. The highest BCUT2D eigenvalue weighted by Crippen LogP contribution is 2.41. The zero-order valence-corrected chi connectivity index (χ0v) is 14.5. The molecule has 0 bridgehead atoms. The van der Waals surface area contributed by atoms with E-state index in [0.717, 1.165) is 36.6 Å². The smallest absolute Gasteiger partial charge is 0.335 e. The third-order valence-electron chi connectivity index (χ3n) is 4.49. The van der Waals surface area contributed by atoms with E-state index in [1.54, 1.807) is 19.2 Å². The third kappa shape index (κ3) is 4.22. The molecule has 1 saturated carbocycles. The minimum atomic E-state index is -1.33. The monoisotopic (exact) mass is 370 g/mol. The molecular weight excluding hydrogens is 352 g/mol. The van der Waals surface area contributed by atoms with Crippen LogP contribution in [0.4, 0.5) is 5.69 Å². The van der Waals surface area contributed by atoms with Crippen molar-refractivity contribution < 1.29 is 24.4 Å². The van der Waals surface area contributed by atoms with Gasteiger partial charge in [-0.3, -0.25) is 14.9 Å². The molecule has 1 atom stereocenters. The van der Waals surface area contributed by atoms with Gasteiger partial charge in [0.15, 0.2) is 0 Å². The Morgan fingerprint density at radius 1 is 1.19 bits per heavy atom. The molecule has 0 saturated heterocycles. The number of carbonyl (C=O) groups excluding carboxylic acids is 1. The van der Waals surface area contributed by atoms with Crippen molar-refractivity contribution in [1.29, 1.82) is 0 Å². The molecule has 1 fully saturated rings. The van der Waals surface area contributed by atoms with Crippen molar-refractivity contribution in [2.45, 2.75) is 18.9 Å². The maximum atomic E-state index is 12.7. The average Bonchev–Trinajstić information content (AvgIpc) is 3.50. The van der Waals surface area contributed by atoms with Crippen molar-refractivity contribution in [3.63, 3.8) is 0 Å². The van der Waals surface area contributed by atoms with E-state index in [2.05, 4.69) is 5.32 Å². The Labute approximate surface area is 154 Å². The number of nitro groups is 1. The van der Waals surface area contributed by atoms with E-state index in [-0.39, 0.29) is 23.1 Å². The zero-order chi connectivity index (χ0) is 19.6. The normalized spacial score (nSPS) is 14.3. The van der Waals surface area contributed by atoms with E-state index < -0.39 is 22.5 Å². The summed E-state index contributed by atoms with van der Waals surface area (Å²) < 4.78 is 5.14. The summed E-state index contributed by atoms with van der Waals surface area (Å²) >= 11 is 0. The van der Waals surface area contributed by atoms with Gasteiger partial charge < -0.3 is 15.2 Å². The molecule has 1 amide bonds. The average molecular weight is 370 g/mol. The number of hydrogen-bond donors (Lipinski definition) is 2. The second-order valence-corrected chi connectivity index (χ2v) is 6.39. The van der Waals surface area contributed by atoms with Crippen molar-refractivity contribution in [2.75, 3.05) is 7.11 Å². The highest BCUT2D eigenvalue weighted by molar-refractivity contribution is 5.98. The van der Waals surface area contributed by atoms with Crippen molar-refractivity contribution in [3.8, 4) is 5.75 Å². The van der Waals surface area contributed by atoms with Crippen LogP contribution in [0.3, 0.4) is 0 Å². The lowest BCUT2D eigenvalue weighted by Crippen LogP contribution is -2.30. The van der Waals surface area contributed by atoms with Crippen molar-refractivity contribution in [2.24, 2.45) is 5.92 Å². The molecule has 8 nitrogen and oxygen atoms in total. The Morgan fingerprint density at radius 3 is 2.33 bits per heavy atom. The number of aromatic carboxylic acids is 1. The van der Waals surface area contributed by atoms with Crippen LogP contribution in [0.5, 0.6) is 5.75 Å². The van der Waals surface area contributed by atoms with Gasteiger partial charge in [-0.2, -0.15) is 0 Å². The Bertz CT molecular complexity index is 857. The number of carbonyl (C=O) groups is 2. The molecule has 0 aliphatic heterocycles. The molecule has 2 N–H and O–H groups in total. The number of carboxylic acids is 1. The molecule has 0 heterocycles. The van der Waals surface area contributed by atoms with Crippen LogP contribution in [0.1, 0.15) is 45.2 Å². The lowest BCUT2D eigenvalue weighted by molar-refractivity contribution is -0.384. The maximum Gasteiger partial charge on any atom is 0.335 e. The molecule has 0 aromatic heterocycles. The van der Waals surface area contributed by atoms with Gasteiger partial charge in [-0.15, -0.1) is 0 Å². The number of benzene rings is 2. The number of carboxylic acid groups (broad SMARTS) is 1. The summed E-state index contributed by atoms with van der Waals surface area (Å²) in [5.74, 6) is -0.903. The summed E-state index contributed by atoms with van der Waals surface area (Å²) in [5, 5.41) is 23.1. The first-order valence-electron chi connectivity index (χ1n) is 8.36. The highest BCUT2D eigenvalue weighted by atomic mass is 16.6. The fraction of sp³-hybridized carbons (Fsp3) is 0.263. The van der Waals surface area contributed by atoms with E-state index in [4.69, 9.17) is 9.84 Å². The van der Waals surface area contributed by atoms with Gasteiger partial charge in [-0.1, -0.05) is 12.1 Å². The van der Waals surface area contributed by atoms with E-state index >= 15 is 0 Å². The third-order valence-corrected chi connectivity index (χ3v) is 4.49. The second kappa shape index (κ2) is 7.45. The first kappa shape index (κ1) is 18.4. The van der Waals surface area contributed by atoms with Crippen LogP contribution >= 0.6 is 0 Å². The number of non-ortho nitro benzene ring substituents is 1. The quantitative estimate of drug-likeness (QED) is 0.571. The second-order valence-electron chi connectivity index (χ2n) is 6.39. The standard InChI is InChI=1S/C19H18N2O6/c1-27-16-6-4-12(5-7-16)17(11-2-3-11)20-18(22)13-8-14(19(23)24)10-15(9-13)21(25)26/h4-11,17H,2-3H2,1H3,(H,20,22)(H,23,24). The predicted octanol–water partition coefficient (Wildman–Crippen LogP) is 3.18. The van der Waals surface area contributed by atoms with Crippen LogP contribution in [0.25, 0.3) is 0 Å². The lowest BCUT2D eigenvalue weighted by atomic mass is 10.0. The van der Waals surface area contributed by atoms with E-state index in [9.17, 15) is 19.7 Å². The zero-order valence-electron chi connectivity index (χ0n) is 14.5. The number of nitro benzene ring substituents is 1. The molecule has 2 aromatic rings. The first-order chi connectivity index (χ1) is 12.9. The number of ether oxygens (including phenoxy) is 1. The van der Waals surface area contributed by atoms with Crippen LogP contribution < -0.4 is 10.1 Å². The Balaban J connectivity index is 1.87. The first-order valence-corrected chi connectivity index (χ1v) is 8.36. The van der Waals surface area contributed by atoms with Gasteiger partial charge in [0.05, 0.1) is 23.6 Å². The van der Waals surface area contributed by atoms with E-state index in [0.29, 0.717) is 5.75 Å². The fourth-order valence-corrected chi connectivity index (χ4v) is 2.91. The number of amides is 1. The summed E-state index contributed by atoms with van der Waals surface area (Å²) in [6.07, 6.45) is 1.93. The Kier molecular flexibility index (Phi) is 5.07. The fourth-order valence-electron chi connectivity index (χ4n) is 2.91. The molecule has 0 radical (unpaired) electrons. The van der Waals surface area contributed by atoms with Crippen molar-refractivity contribution >= 4 is 17.6 Å². The summed E-state index contributed by atoms with van der Waals surface area (Å²) in [7, 11) is 1.57. The van der Waals surface area contributed by atoms with Gasteiger partial charge in [0.2, 0.25) is 0 Å². The molecule has 1 unspecified atom stereocenters. The maximum absolute atomic E-state index is 12.7. The van der Waals surface area contributed by atoms with Gasteiger partial charge in [0, 0.05) is 17.7 Å². The van der Waals surface area contributed by atoms with Crippen LogP contribution in [0, 0.1) is 16.0 Å². The summed E-state index contributed by atoms with van der Waals surface area (Å²) in [6.45, 7) is 0. The number of hydrogen-bond acceptors (Lipinski definition) is 5. The van der Waals surface area contributed by atoms with E-state index in [1.165, 1.54) is 0 Å². The Morgan fingerprint density at radius 2 is 1.81 bits per heavy atom. The number of nitrogens with zero attached hydrogens (tertiary/aromatic N) is 1. The van der Waals surface area contributed by atoms with E-state index in [1.807, 2.05) is 12.1 Å². The minimum Gasteiger partial charge on any atom is -0.497 e. The Hall–Kier alpha value is -3.42. The number of nitrogens with one attached hydrogen (secondary N) is 1. The molecule has 2 aromatic carbocycles. The number of methoxy groups -OCH3 is 1. The van der Waals surface area contributed by atoms with Crippen LogP contribution in [-0.2, 0) is 0 Å². The summed E-state index contributed by atoms with van der Waals surface area (Å²) in [6, 6.07) is 10.2. The minimum absolute atomic E-state index is 0.0549. The van der Waals surface area contributed by atoms with Crippen LogP contribution in [0.2, 0.25) is 0 Å². The molecule has 3 rings (SSSR count). The molecule has 8 heteroatoms. The topological polar surface area (TPSA) is 119 Å². The lowest BCUT2D eigenvalue weighted by Gasteiger charge is -2.19. The van der Waals surface area contributed by atoms with Gasteiger partial charge in [0.1, 0.15) is 5.75 Å². The SMILES string of the molecule is COc1ccc(C(NC(=O)c2cc(C(=O)O)cc([N+](=O)[O-])c2)C2CC2)cc1. The largest absolute Gasteiger partial charge is 0.497 e. The van der Waals surface area contributed by atoms with Crippen LogP contribution in [0.15, 0.2) is 42.5 Å².